The standard InChI is InChI=1S/C14H14N4O3S2/c1-8(19)10-4-3-5-11(6-10)16-12(21)7-22-14-18-17-13(23-14)15-9(2)20/h3-6H,7H2,1-2H3,(H,16,21)(H,15,17,20). The van der Waals surface area contributed by atoms with Gasteiger partial charge < -0.3 is 10.6 Å². The van der Waals surface area contributed by atoms with Crippen molar-refractivity contribution < 1.29 is 14.4 Å². The van der Waals surface area contributed by atoms with Crippen molar-refractivity contribution in [2.24, 2.45) is 0 Å². The van der Waals surface area contributed by atoms with E-state index in [2.05, 4.69) is 20.8 Å². The highest BCUT2D eigenvalue weighted by molar-refractivity contribution is 8.01. The van der Waals surface area contributed by atoms with Gasteiger partial charge in [0, 0.05) is 18.2 Å². The molecule has 0 spiro atoms. The van der Waals surface area contributed by atoms with E-state index in [1.807, 2.05) is 0 Å². The van der Waals surface area contributed by atoms with E-state index in [1.165, 1.54) is 36.9 Å². The van der Waals surface area contributed by atoms with Crippen LogP contribution in [0.2, 0.25) is 0 Å². The quantitative estimate of drug-likeness (QED) is 0.471. The Morgan fingerprint density at radius 3 is 2.65 bits per heavy atom. The molecule has 0 saturated carbocycles. The van der Waals surface area contributed by atoms with Crippen LogP contribution in [0.1, 0.15) is 24.2 Å². The number of Topliss-reactive ketones (excluding diaryl/α,β-unsaturated/α-hetero) is 1. The third kappa shape index (κ3) is 5.46. The lowest BCUT2D eigenvalue weighted by Crippen LogP contribution is -2.14. The maximum absolute atomic E-state index is 11.9. The number of nitrogens with zero attached hydrogens (tertiary/aromatic N) is 2. The number of benzene rings is 1. The van der Waals surface area contributed by atoms with Gasteiger partial charge in [0.05, 0.1) is 5.75 Å². The summed E-state index contributed by atoms with van der Waals surface area (Å²) < 4.78 is 0.585. The fraction of sp³-hybridized carbons (Fsp3) is 0.214. The minimum atomic E-state index is -0.221. The van der Waals surface area contributed by atoms with E-state index in [0.29, 0.717) is 20.7 Å². The SMILES string of the molecule is CC(=O)Nc1nnc(SCC(=O)Nc2cccc(C(C)=O)c2)s1. The van der Waals surface area contributed by atoms with E-state index in [0.717, 1.165) is 0 Å². The molecule has 0 fully saturated rings. The van der Waals surface area contributed by atoms with Crippen molar-refractivity contribution >= 4 is 51.5 Å². The van der Waals surface area contributed by atoms with E-state index < -0.39 is 0 Å². The molecule has 0 radical (unpaired) electrons. The molecule has 2 rings (SSSR count). The second-order valence-corrected chi connectivity index (χ2v) is 6.73. The van der Waals surface area contributed by atoms with E-state index >= 15 is 0 Å². The summed E-state index contributed by atoms with van der Waals surface area (Å²) in [5.41, 5.74) is 1.11. The second-order valence-electron chi connectivity index (χ2n) is 4.53. The number of hydrogen-bond donors (Lipinski definition) is 2. The average Bonchev–Trinajstić information content (AvgIpc) is 2.92. The van der Waals surface area contributed by atoms with Crippen molar-refractivity contribution in [3.05, 3.63) is 29.8 Å². The molecule has 23 heavy (non-hydrogen) atoms. The molecule has 0 saturated heterocycles. The first kappa shape index (κ1) is 17.1. The normalized spacial score (nSPS) is 10.2. The Bertz CT molecular complexity index is 745. The number of nitrogens with one attached hydrogen (secondary N) is 2. The zero-order valence-electron chi connectivity index (χ0n) is 12.5. The molecule has 120 valence electrons. The first-order chi connectivity index (χ1) is 10.9. The summed E-state index contributed by atoms with van der Waals surface area (Å²) in [5.74, 6) is -0.346. The average molecular weight is 350 g/mol. The highest BCUT2D eigenvalue weighted by Crippen LogP contribution is 2.25. The van der Waals surface area contributed by atoms with Crippen molar-refractivity contribution in [1.29, 1.82) is 0 Å². The first-order valence-electron chi connectivity index (χ1n) is 6.59. The highest BCUT2D eigenvalue weighted by Gasteiger charge is 2.10. The minimum Gasteiger partial charge on any atom is -0.325 e. The molecule has 1 aromatic carbocycles. The summed E-state index contributed by atoms with van der Waals surface area (Å²) >= 11 is 2.42. The molecule has 0 aliphatic heterocycles. The monoisotopic (exact) mass is 350 g/mol. The highest BCUT2D eigenvalue weighted by atomic mass is 32.2. The predicted octanol–water partition coefficient (Wildman–Crippen LogP) is 2.43. The largest absolute Gasteiger partial charge is 0.325 e. The minimum absolute atomic E-state index is 0.0603. The third-order valence-electron chi connectivity index (χ3n) is 2.57. The van der Waals surface area contributed by atoms with Gasteiger partial charge in [0.25, 0.3) is 0 Å². The van der Waals surface area contributed by atoms with Crippen LogP contribution in [0.5, 0.6) is 0 Å². The van der Waals surface area contributed by atoms with E-state index in [4.69, 9.17) is 0 Å². The van der Waals surface area contributed by atoms with Gasteiger partial charge in [-0.05, 0) is 19.1 Å². The topological polar surface area (TPSA) is 101 Å². The van der Waals surface area contributed by atoms with Gasteiger partial charge in [0.1, 0.15) is 0 Å². The van der Waals surface area contributed by atoms with Crippen LogP contribution in [0.25, 0.3) is 0 Å². The van der Waals surface area contributed by atoms with Gasteiger partial charge in [0.2, 0.25) is 16.9 Å². The third-order valence-corrected chi connectivity index (χ3v) is 4.54. The lowest BCUT2D eigenvalue weighted by Gasteiger charge is -2.05. The Labute approximate surface area is 140 Å². The van der Waals surface area contributed by atoms with Crippen LogP contribution in [-0.2, 0) is 9.59 Å². The Morgan fingerprint density at radius 2 is 1.96 bits per heavy atom. The number of ketones is 1. The van der Waals surface area contributed by atoms with Crippen LogP contribution in [0.3, 0.4) is 0 Å². The molecule has 0 aliphatic carbocycles. The van der Waals surface area contributed by atoms with Crippen LogP contribution < -0.4 is 10.6 Å². The molecule has 7 nitrogen and oxygen atoms in total. The van der Waals surface area contributed by atoms with E-state index in [-0.39, 0.29) is 23.4 Å². The second kappa shape index (κ2) is 7.84. The lowest BCUT2D eigenvalue weighted by atomic mass is 10.1. The van der Waals surface area contributed by atoms with Gasteiger partial charge in [0.15, 0.2) is 10.1 Å². The maximum Gasteiger partial charge on any atom is 0.234 e. The van der Waals surface area contributed by atoms with Crippen LogP contribution in [0.15, 0.2) is 28.6 Å². The number of hydrogen-bond acceptors (Lipinski definition) is 7. The smallest absolute Gasteiger partial charge is 0.234 e. The van der Waals surface area contributed by atoms with E-state index in [1.54, 1.807) is 24.3 Å². The molecule has 1 aromatic heterocycles. The van der Waals surface area contributed by atoms with Crippen LogP contribution in [-0.4, -0.2) is 33.5 Å². The molecule has 1 heterocycles. The number of rotatable bonds is 6. The Hall–Kier alpha value is -2.26. The number of carbonyl (C=O) groups is 3. The van der Waals surface area contributed by atoms with Crippen molar-refractivity contribution in [1.82, 2.24) is 10.2 Å². The molecule has 0 aliphatic rings. The summed E-state index contributed by atoms with van der Waals surface area (Å²) in [4.78, 5) is 34.1. The fourth-order valence-corrected chi connectivity index (χ4v) is 3.21. The summed E-state index contributed by atoms with van der Waals surface area (Å²) in [7, 11) is 0. The molecule has 0 unspecified atom stereocenters. The summed E-state index contributed by atoms with van der Waals surface area (Å²) in [6, 6.07) is 6.75. The van der Waals surface area contributed by atoms with Gasteiger partial charge in [-0.3, -0.25) is 14.4 Å². The molecular formula is C14H14N4O3S2. The zero-order chi connectivity index (χ0) is 16.8. The van der Waals surface area contributed by atoms with Gasteiger partial charge in [-0.15, -0.1) is 10.2 Å². The molecule has 2 N–H and O–H groups in total. The molecule has 9 heteroatoms. The number of carbonyl (C=O) groups excluding carboxylic acids is 3. The van der Waals surface area contributed by atoms with Gasteiger partial charge in [-0.1, -0.05) is 35.2 Å². The predicted molar refractivity (Wildman–Crippen MR) is 90.0 cm³/mol. The number of anilines is 2. The Morgan fingerprint density at radius 1 is 1.17 bits per heavy atom. The molecular weight excluding hydrogens is 336 g/mol. The first-order valence-corrected chi connectivity index (χ1v) is 8.39. The van der Waals surface area contributed by atoms with Crippen molar-refractivity contribution in [3.8, 4) is 0 Å². The van der Waals surface area contributed by atoms with Crippen molar-refractivity contribution in [2.45, 2.75) is 18.2 Å². The van der Waals surface area contributed by atoms with Crippen molar-refractivity contribution in [3.63, 3.8) is 0 Å². The maximum atomic E-state index is 11.9. The fourth-order valence-electron chi connectivity index (χ4n) is 1.61. The van der Waals surface area contributed by atoms with Crippen LogP contribution >= 0.6 is 23.1 Å². The van der Waals surface area contributed by atoms with Gasteiger partial charge in [-0.2, -0.15) is 0 Å². The van der Waals surface area contributed by atoms with E-state index in [9.17, 15) is 14.4 Å². The van der Waals surface area contributed by atoms with Gasteiger partial charge >= 0.3 is 0 Å². The Balaban J connectivity index is 1.87. The van der Waals surface area contributed by atoms with Gasteiger partial charge in [-0.25, -0.2) is 0 Å². The van der Waals surface area contributed by atoms with Crippen LogP contribution in [0.4, 0.5) is 10.8 Å². The summed E-state index contributed by atoms with van der Waals surface area (Å²) in [6.07, 6.45) is 0. The molecule has 2 aromatic rings. The molecule has 0 atom stereocenters. The lowest BCUT2D eigenvalue weighted by molar-refractivity contribution is -0.114. The van der Waals surface area contributed by atoms with Crippen LogP contribution in [0, 0.1) is 0 Å². The number of amides is 2. The number of thioether (sulfide) groups is 1. The summed E-state index contributed by atoms with van der Waals surface area (Å²) in [6.45, 7) is 2.86. The van der Waals surface area contributed by atoms with Crippen molar-refractivity contribution in [2.75, 3.05) is 16.4 Å². The molecule has 0 bridgehead atoms. The summed E-state index contributed by atoms with van der Waals surface area (Å²) in [5, 5.41) is 13.3. The zero-order valence-corrected chi connectivity index (χ0v) is 14.1. The Kier molecular flexibility index (Phi) is 5.83. The molecule has 2 amide bonds. The number of aromatic nitrogens is 2.